The Bertz CT molecular complexity index is 404. The summed E-state index contributed by atoms with van der Waals surface area (Å²) in [6.45, 7) is 2.01. The van der Waals surface area contributed by atoms with Crippen molar-refractivity contribution in [1.82, 2.24) is 4.98 Å². The second kappa shape index (κ2) is 5.26. The molecule has 1 aromatic heterocycles. The summed E-state index contributed by atoms with van der Waals surface area (Å²) in [5, 5.41) is 12.7. The first-order valence-electron chi connectivity index (χ1n) is 3.91. The Kier molecular flexibility index (Phi) is 4.27. The number of aliphatic carboxylic acids is 1. The van der Waals surface area contributed by atoms with Gasteiger partial charge < -0.3 is 15.7 Å². The molecule has 15 heavy (non-hydrogen) atoms. The zero-order chi connectivity index (χ0) is 11.4. The quantitative estimate of drug-likeness (QED) is 0.486. The number of nitrogen functional groups attached to an aromatic ring is 1. The van der Waals surface area contributed by atoms with Crippen LogP contribution in [0, 0.1) is 2.88 Å². The van der Waals surface area contributed by atoms with Gasteiger partial charge in [-0.1, -0.05) is 16.5 Å². The highest BCUT2D eigenvalue weighted by Crippen LogP contribution is 2.23. The Hall–Kier alpha value is -0.900. The lowest BCUT2D eigenvalue weighted by Gasteiger charge is -1.98. The highest BCUT2D eigenvalue weighted by atomic mass is 127. The SMILES string of the molecule is CCON=C(C(=O)O)c1nc(N)sc1I. The highest BCUT2D eigenvalue weighted by molar-refractivity contribution is 14.1. The lowest BCUT2D eigenvalue weighted by atomic mass is 10.3. The van der Waals surface area contributed by atoms with E-state index < -0.39 is 5.97 Å². The van der Waals surface area contributed by atoms with Crippen molar-refractivity contribution in [2.75, 3.05) is 12.3 Å². The fourth-order valence-electron chi connectivity index (χ4n) is 0.776. The lowest BCUT2D eigenvalue weighted by Crippen LogP contribution is -2.16. The zero-order valence-electron chi connectivity index (χ0n) is 7.73. The maximum Gasteiger partial charge on any atom is 0.360 e. The summed E-state index contributed by atoms with van der Waals surface area (Å²) in [7, 11) is 0. The van der Waals surface area contributed by atoms with Gasteiger partial charge >= 0.3 is 5.97 Å². The van der Waals surface area contributed by atoms with E-state index >= 15 is 0 Å². The maximum absolute atomic E-state index is 10.9. The molecular weight excluding hydrogens is 333 g/mol. The van der Waals surface area contributed by atoms with Crippen molar-refractivity contribution in [3.8, 4) is 0 Å². The second-order valence-corrected chi connectivity index (χ2v) is 5.18. The smallest absolute Gasteiger partial charge is 0.360 e. The molecule has 0 aliphatic heterocycles. The van der Waals surface area contributed by atoms with Crippen LogP contribution in [-0.4, -0.2) is 28.4 Å². The predicted octanol–water partition coefficient (Wildman–Crippen LogP) is 1.16. The number of hydrogen-bond donors (Lipinski definition) is 2. The summed E-state index contributed by atoms with van der Waals surface area (Å²) in [6.07, 6.45) is 0. The van der Waals surface area contributed by atoms with Gasteiger partial charge in [-0.2, -0.15) is 0 Å². The Balaban J connectivity index is 3.10. The Morgan fingerprint density at radius 1 is 1.80 bits per heavy atom. The third-order valence-electron chi connectivity index (χ3n) is 1.31. The highest BCUT2D eigenvalue weighted by Gasteiger charge is 2.21. The van der Waals surface area contributed by atoms with Crippen LogP contribution in [0.15, 0.2) is 5.16 Å². The number of hydrogen-bond acceptors (Lipinski definition) is 6. The van der Waals surface area contributed by atoms with Crippen LogP contribution in [0.4, 0.5) is 5.13 Å². The van der Waals surface area contributed by atoms with E-state index in [1.54, 1.807) is 6.92 Å². The second-order valence-electron chi connectivity index (χ2n) is 2.34. The number of thiazole rings is 1. The van der Waals surface area contributed by atoms with Gasteiger partial charge in [0, 0.05) is 0 Å². The van der Waals surface area contributed by atoms with E-state index in [9.17, 15) is 4.79 Å². The molecule has 0 saturated carbocycles. The van der Waals surface area contributed by atoms with Gasteiger partial charge in [-0.15, -0.1) is 0 Å². The molecule has 0 aliphatic carbocycles. The molecule has 0 fully saturated rings. The van der Waals surface area contributed by atoms with Crippen LogP contribution in [0.2, 0.25) is 0 Å². The van der Waals surface area contributed by atoms with Crippen LogP contribution in [0.1, 0.15) is 12.6 Å². The van der Waals surface area contributed by atoms with Crippen molar-refractivity contribution in [1.29, 1.82) is 0 Å². The summed E-state index contributed by atoms with van der Waals surface area (Å²) in [4.78, 5) is 19.5. The van der Waals surface area contributed by atoms with Crippen LogP contribution in [0.3, 0.4) is 0 Å². The van der Waals surface area contributed by atoms with Gasteiger partial charge in [-0.3, -0.25) is 0 Å². The van der Waals surface area contributed by atoms with Crippen LogP contribution >= 0.6 is 33.9 Å². The lowest BCUT2D eigenvalue weighted by molar-refractivity contribution is -0.129. The number of carboxylic acid groups (broad SMARTS) is 1. The molecule has 0 amide bonds. The molecule has 0 radical (unpaired) electrons. The van der Waals surface area contributed by atoms with Crippen molar-refractivity contribution in [3.05, 3.63) is 8.58 Å². The summed E-state index contributed by atoms with van der Waals surface area (Å²) >= 11 is 3.16. The molecule has 0 aliphatic rings. The Morgan fingerprint density at radius 2 is 2.47 bits per heavy atom. The molecule has 1 heterocycles. The van der Waals surface area contributed by atoms with Crippen LogP contribution in [0.5, 0.6) is 0 Å². The fourth-order valence-corrected chi connectivity index (χ4v) is 2.39. The van der Waals surface area contributed by atoms with Crippen molar-refractivity contribution >= 4 is 50.7 Å². The number of anilines is 1. The van der Waals surface area contributed by atoms with E-state index in [-0.39, 0.29) is 11.4 Å². The minimum Gasteiger partial charge on any atom is -0.476 e. The molecule has 6 nitrogen and oxygen atoms in total. The third-order valence-corrected chi connectivity index (χ3v) is 3.16. The predicted molar refractivity (Wildman–Crippen MR) is 65.0 cm³/mol. The molecule has 0 aromatic carbocycles. The van der Waals surface area contributed by atoms with Crippen molar-refractivity contribution < 1.29 is 14.7 Å². The standard InChI is InChI=1S/C7H8IN3O3S/c1-2-14-11-4(6(12)13)3-5(8)15-7(9)10-3/h2H2,1H3,(H2,9,10)(H,12,13). The number of nitrogens with two attached hydrogens (primary N) is 1. The van der Waals surface area contributed by atoms with Crippen molar-refractivity contribution in [2.24, 2.45) is 5.16 Å². The van der Waals surface area contributed by atoms with Crippen molar-refractivity contribution in [2.45, 2.75) is 6.92 Å². The molecular formula is C7H8IN3O3S. The minimum atomic E-state index is -1.19. The largest absolute Gasteiger partial charge is 0.476 e. The number of carbonyl (C=O) groups is 1. The summed E-state index contributed by atoms with van der Waals surface area (Å²) in [5.41, 5.74) is 5.48. The molecule has 3 N–H and O–H groups in total. The molecule has 1 rings (SSSR count). The fraction of sp³-hybridized carbons (Fsp3) is 0.286. The Morgan fingerprint density at radius 3 is 2.87 bits per heavy atom. The molecule has 0 spiro atoms. The minimum absolute atomic E-state index is 0.228. The molecule has 0 saturated heterocycles. The molecule has 1 aromatic rings. The van der Waals surface area contributed by atoms with Crippen LogP contribution in [0.25, 0.3) is 0 Å². The van der Waals surface area contributed by atoms with Crippen LogP contribution in [-0.2, 0) is 9.63 Å². The summed E-state index contributed by atoms with van der Waals surface area (Å²) < 4.78 is 0.672. The topological polar surface area (TPSA) is 97.8 Å². The van der Waals surface area contributed by atoms with Gasteiger partial charge in [0.1, 0.15) is 12.3 Å². The van der Waals surface area contributed by atoms with Gasteiger partial charge in [-0.25, -0.2) is 9.78 Å². The first-order valence-corrected chi connectivity index (χ1v) is 5.81. The van der Waals surface area contributed by atoms with Crippen molar-refractivity contribution in [3.63, 3.8) is 0 Å². The average molecular weight is 341 g/mol. The molecule has 0 bridgehead atoms. The van der Waals surface area contributed by atoms with E-state index in [4.69, 9.17) is 15.7 Å². The van der Waals surface area contributed by atoms with Gasteiger partial charge in [-0.05, 0) is 29.5 Å². The molecule has 0 unspecified atom stereocenters. The van der Waals surface area contributed by atoms with Crippen LogP contribution < -0.4 is 5.73 Å². The molecule has 8 heteroatoms. The average Bonchev–Trinajstić information content (AvgIpc) is 2.46. The van der Waals surface area contributed by atoms with E-state index in [0.717, 1.165) is 0 Å². The first-order chi connectivity index (χ1) is 7.06. The molecule has 0 atom stereocenters. The van der Waals surface area contributed by atoms with E-state index in [0.29, 0.717) is 14.6 Å². The number of nitrogens with zero attached hydrogens (tertiary/aromatic N) is 2. The monoisotopic (exact) mass is 341 g/mol. The summed E-state index contributed by atoms with van der Waals surface area (Å²) in [5.74, 6) is -1.19. The summed E-state index contributed by atoms with van der Waals surface area (Å²) in [6, 6.07) is 0. The third kappa shape index (κ3) is 3.02. The normalized spacial score (nSPS) is 11.5. The van der Waals surface area contributed by atoms with Gasteiger partial charge in [0.2, 0.25) is 5.71 Å². The Labute approximate surface area is 103 Å². The van der Waals surface area contributed by atoms with Gasteiger partial charge in [0.15, 0.2) is 5.13 Å². The van der Waals surface area contributed by atoms with E-state index in [1.807, 2.05) is 22.6 Å². The number of aromatic nitrogens is 1. The number of carboxylic acids is 1. The van der Waals surface area contributed by atoms with E-state index in [1.165, 1.54) is 11.3 Å². The molecule has 82 valence electrons. The number of halogens is 1. The van der Waals surface area contributed by atoms with Gasteiger partial charge in [0.25, 0.3) is 0 Å². The zero-order valence-corrected chi connectivity index (χ0v) is 10.7. The van der Waals surface area contributed by atoms with Gasteiger partial charge in [0.05, 0.1) is 2.88 Å². The van der Waals surface area contributed by atoms with E-state index in [2.05, 4.69) is 10.1 Å². The number of oxime groups is 1. The first kappa shape index (κ1) is 12.2. The maximum atomic E-state index is 10.9. The number of rotatable bonds is 4.